The molecule has 3 fully saturated rings. The van der Waals surface area contributed by atoms with Crippen molar-refractivity contribution in [3.63, 3.8) is 0 Å². The van der Waals surface area contributed by atoms with Gasteiger partial charge in [0.2, 0.25) is 5.91 Å². The van der Waals surface area contributed by atoms with Gasteiger partial charge >= 0.3 is 0 Å². The third-order valence-electron chi connectivity index (χ3n) is 5.05. The summed E-state index contributed by atoms with van der Waals surface area (Å²) in [6.07, 6.45) is 3.99. The molecule has 2 saturated heterocycles. The molecule has 4 nitrogen and oxygen atoms in total. The van der Waals surface area contributed by atoms with Crippen LogP contribution < -0.4 is 0 Å². The fraction of sp³-hybridized carbons (Fsp3) is 0.929. The highest BCUT2D eigenvalue weighted by Crippen LogP contribution is 2.39. The van der Waals surface area contributed by atoms with E-state index in [2.05, 4.69) is 4.90 Å². The van der Waals surface area contributed by atoms with Gasteiger partial charge in [-0.15, -0.1) is 0 Å². The number of halogens is 1. The zero-order valence-corrected chi connectivity index (χ0v) is 11.4. The second-order valence-corrected chi connectivity index (χ2v) is 6.23. The molecule has 2 atom stereocenters. The molecule has 0 bridgehead atoms. The Morgan fingerprint density at radius 2 is 1.74 bits per heavy atom. The number of hydrogen-bond acceptors (Lipinski definition) is 3. The highest BCUT2D eigenvalue weighted by molar-refractivity contribution is 5.87. The second-order valence-electron chi connectivity index (χ2n) is 6.23. The van der Waals surface area contributed by atoms with Crippen LogP contribution in [0.15, 0.2) is 0 Å². The number of hydrogen-bond donors (Lipinski definition) is 1. The molecule has 2 aliphatic heterocycles. The van der Waals surface area contributed by atoms with E-state index in [0.717, 1.165) is 51.6 Å². The molecule has 3 rings (SSSR count). The maximum Gasteiger partial charge on any atom is 0.243 e. The first-order chi connectivity index (χ1) is 9.13. The first-order valence-corrected chi connectivity index (χ1v) is 7.50. The number of amides is 1. The lowest BCUT2D eigenvalue weighted by Gasteiger charge is -2.39. The van der Waals surface area contributed by atoms with Gasteiger partial charge in [-0.1, -0.05) is 12.8 Å². The first kappa shape index (κ1) is 13.3. The van der Waals surface area contributed by atoms with E-state index in [-0.39, 0.29) is 24.5 Å². The summed E-state index contributed by atoms with van der Waals surface area (Å²) in [5.74, 6) is 0.0612. The quantitative estimate of drug-likeness (QED) is 0.812. The van der Waals surface area contributed by atoms with Gasteiger partial charge in [-0.05, 0) is 38.8 Å². The first-order valence-electron chi connectivity index (χ1n) is 7.50. The summed E-state index contributed by atoms with van der Waals surface area (Å²) in [5.41, 5.74) is -0.389. The van der Waals surface area contributed by atoms with E-state index in [1.54, 1.807) is 4.90 Å². The van der Waals surface area contributed by atoms with Crippen molar-refractivity contribution in [1.29, 1.82) is 0 Å². The van der Waals surface area contributed by atoms with Gasteiger partial charge in [-0.3, -0.25) is 9.69 Å². The van der Waals surface area contributed by atoms with Crippen LogP contribution in [0.1, 0.15) is 38.5 Å². The Bertz CT molecular complexity index is 341. The molecule has 0 aromatic carbocycles. The molecule has 2 heterocycles. The monoisotopic (exact) mass is 270 g/mol. The zero-order chi connectivity index (χ0) is 13.5. The SMILES string of the molecule is O=C(N1C[C@@H](O)[C@H](F)C1)C1(N2CCCC2)CCCC1. The number of carbonyl (C=O) groups is 1. The lowest BCUT2D eigenvalue weighted by Crippen LogP contribution is -2.57. The summed E-state index contributed by atoms with van der Waals surface area (Å²) < 4.78 is 13.5. The molecule has 1 saturated carbocycles. The number of aliphatic hydroxyl groups is 1. The molecule has 3 aliphatic rings. The normalized spacial score (nSPS) is 35.2. The summed E-state index contributed by atoms with van der Waals surface area (Å²) in [7, 11) is 0. The van der Waals surface area contributed by atoms with Crippen molar-refractivity contribution < 1.29 is 14.3 Å². The van der Waals surface area contributed by atoms with Crippen molar-refractivity contribution in [2.75, 3.05) is 26.2 Å². The molecule has 0 spiro atoms. The number of likely N-dealkylation sites (tertiary alicyclic amines) is 2. The van der Waals surface area contributed by atoms with Crippen LogP contribution in [0.25, 0.3) is 0 Å². The van der Waals surface area contributed by atoms with Crippen molar-refractivity contribution in [1.82, 2.24) is 9.80 Å². The predicted molar refractivity (Wildman–Crippen MR) is 69.5 cm³/mol. The minimum atomic E-state index is -1.28. The summed E-state index contributed by atoms with van der Waals surface area (Å²) in [4.78, 5) is 16.7. The van der Waals surface area contributed by atoms with Gasteiger partial charge in [0.1, 0.15) is 17.8 Å². The van der Waals surface area contributed by atoms with Gasteiger partial charge in [0.15, 0.2) is 0 Å². The van der Waals surface area contributed by atoms with E-state index in [1.807, 2.05) is 0 Å². The van der Waals surface area contributed by atoms with Crippen LogP contribution in [0.5, 0.6) is 0 Å². The largest absolute Gasteiger partial charge is 0.388 e. The van der Waals surface area contributed by atoms with Crippen molar-refractivity contribution in [3.8, 4) is 0 Å². The Labute approximate surface area is 113 Å². The fourth-order valence-corrected chi connectivity index (χ4v) is 3.98. The Balaban J connectivity index is 1.78. The molecule has 0 unspecified atom stereocenters. The molecular weight excluding hydrogens is 247 g/mol. The van der Waals surface area contributed by atoms with Crippen LogP contribution in [0.3, 0.4) is 0 Å². The number of β-amino-alcohol motifs (C(OH)–C–C–N with tert-alkyl or cyclic N) is 1. The average molecular weight is 270 g/mol. The fourth-order valence-electron chi connectivity index (χ4n) is 3.98. The number of aliphatic hydroxyl groups excluding tert-OH is 1. The molecule has 1 amide bonds. The molecular formula is C14H23FN2O2. The van der Waals surface area contributed by atoms with E-state index < -0.39 is 12.3 Å². The van der Waals surface area contributed by atoms with Gasteiger partial charge in [-0.2, -0.15) is 0 Å². The van der Waals surface area contributed by atoms with Crippen LogP contribution in [0.2, 0.25) is 0 Å². The number of alkyl halides is 1. The molecule has 0 radical (unpaired) electrons. The highest BCUT2D eigenvalue weighted by atomic mass is 19.1. The maximum atomic E-state index is 13.5. The van der Waals surface area contributed by atoms with Crippen LogP contribution in [0.4, 0.5) is 4.39 Å². The van der Waals surface area contributed by atoms with E-state index in [9.17, 15) is 14.3 Å². The standard InChI is InChI=1S/C14H23FN2O2/c15-11-9-16(10-12(11)18)13(19)14(5-1-2-6-14)17-7-3-4-8-17/h11-12,18H,1-10H2/t11-,12-/m1/s1. The Morgan fingerprint density at radius 1 is 1.11 bits per heavy atom. The van der Waals surface area contributed by atoms with E-state index in [1.165, 1.54) is 0 Å². The molecule has 5 heteroatoms. The molecule has 108 valence electrons. The second kappa shape index (κ2) is 5.02. The van der Waals surface area contributed by atoms with Crippen LogP contribution >= 0.6 is 0 Å². The number of rotatable bonds is 2. The van der Waals surface area contributed by atoms with Gasteiger partial charge in [-0.25, -0.2) is 4.39 Å². The Hall–Kier alpha value is -0.680. The lowest BCUT2D eigenvalue weighted by molar-refractivity contribution is -0.143. The van der Waals surface area contributed by atoms with Gasteiger partial charge < -0.3 is 10.0 Å². The number of nitrogens with zero attached hydrogens (tertiary/aromatic N) is 2. The molecule has 19 heavy (non-hydrogen) atoms. The van der Waals surface area contributed by atoms with E-state index in [0.29, 0.717) is 0 Å². The third-order valence-corrected chi connectivity index (χ3v) is 5.05. The van der Waals surface area contributed by atoms with Crippen LogP contribution in [-0.4, -0.2) is 64.8 Å². The predicted octanol–water partition coefficient (Wildman–Crippen LogP) is 0.936. The Kier molecular flexibility index (Phi) is 3.52. The summed E-state index contributed by atoms with van der Waals surface area (Å²) in [5, 5.41) is 9.53. The van der Waals surface area contributed by atoms with Gasteiger partial charge in [0, 0.05) is 6.54 Å². The van der Waals surface area contributed by atoms with Crippen molar-refractivity contribution in [2.45, 2.75) is 56.3 Å². The van der Waals surface area contributed by atoms with Crippen molar-refractivity contribution >= 4 is 5.91 Å². The molecule has 0 aromatic rings. The average Bonchev–Trinajstić information content (AvgIpc) is 3.10. The van der Waals surface area contributed by atoms with Crippen LogP contribution in [0, 0.1) is 0 Å². The zero-order valence-electron chi connectivity index (χ0n) is 11.4. The molecule has 1 N–H and O–H groups in total. The Morgan fingerprint density at radius 3 is 2.26 bits per heavy atom. The van der Waals surface area contributed by atoms with E-state index >= 15 is 0 Å². The highest BCUT2D eigenvalue weighted by Gasteiger charge is 2.50. The van der Waals surface area contributed by atoms with Crippen LogP contribution in [-0.2, 0) is 4.79 Å². The summed E-state index contributed by atoms with van der Waals surface area (Å²) in [6.45, 7) is 2.20. The summed E-state index contributed by atoms with van der Waals surface area (Å²) >= 11 is 0. The maximum absolute atomic E-state index is 13.5. The minimum absolute atomic E-state index is 0.0612. The minimum Gasteiger partial charge on any atom is -0.388 e. The molecule has 1 aliphatic carbocycles. The van der Waals surface area contributed by atoms with E-state index in [4.69, 9.17) is 0 Å². The van der Waals surface area contributed by atoms with Crippen molar-refractivity contribution in [2.24, 2.45) is 0 Å². The van der Waals surface area contributed by atoms with Crippen molar-refractivity contribution in [3.05, 3.63) is 0 Å². The van der Waals surface area contributed by atoms with Gasteiger partial charge in [0.25, 0.3) is 0 Å². The third kappa shape index (κ3) is 2.17. The topological polar surface area (TPSA) is 43.8 Å². The van der Waals surface area contributed by atoms with Gasteiger partial charge in [0.05, 0.1) is 6.54 Å². The summed E-state index contributed by atoms with van der Waals surface area (Å²) in [6, 6.07) is 0. The lowest BCUT2D eigenvalue weighted by atomic mass is 9.93. The smallest absolute Gasteiger partial charge is 0.243 e. The molecule has 0 aromatic heterocycles. The number of carbonyl (C=O) groups excluding carboxylic acids is 1.